The third-order valence-electron chi connectivity index (χ3n) is 6.56. The average Bonchev–Trinajstić information content (AvgIpc) is 3.33. The molecule has 4 unspecified atom stereocenters. The quantitative estimate of drug-likeness (QED) is 0.727. The summed E-state index contributed by atoms with van der Waals surface area (Å²) in [6.45, 7) is 1.25. The van der Waals surface area contributed by atoms with Crippen LogP contribution in [0.5, 0.6) is 0 Å². The minimum Gasteiger partial charge on any atom is -0.383 e. The molecule has 27 heavy (non-hydrogen) atoms. The number of rotatable bonds is 3. The van der Waals surface area contributed by atoms with Crippen LogP contribution in [0.3, 0.4) is 0 Å². The Bertz CT molecular complexity index is 875. The minimum atomic E-state index is -1.10. The Kier molecular flexibility index (Phi) is 3.76. The first-order valence-corrected chi connectivity index (χ1v) is 10.0. The summed E-state index contributed by atoms with van der Waals surface area (Å²) in [5, 5.41) is 2.97. The maximum atomic E-state index is 13.4. The number of hydrogen-bond acceptors (Lipinski definition) is 5. The van der Waals surface area contributed by atoms with Crippen molar-refractivity contribution in [3.63, 3.8) is 0 Å². The number of fused-ring (bicyclic) bond motifs is 7. The number of carbonyl (C=O) groups excluding carboxylic acids is 3. The van der Waals surface area contributed by atoms with Gasteiger partial charge in [-0.25, -0.2) is 0 Å². The summed E-state index contributed by atoms with van der Waals surface area (Å²) in [6, 6.07) is 5.57. The van der Waals surface area contributed by atoms with Gasteiger partial charge < -0.3 is 10.1 Å². The number of hydrogen-bond donors (Lipinski definition) is 1. The molecule has 3 amide bonds. The van der Waals surface area contributed by atoms with Crippen molar-refractivity contribution in [3.8, 4) is 0 Å². The van der Waals surface area contributed by atoms with E-state index in [4.69, 9.17) is 4.74 Å². The number of amides is 3. The van der Waals surface area contributed by atoms with Gasteiger partial charge in [-0.2, -0.15) is 0 Å². The number of ether oxygens (including phenoxy) is 1. The lowest BCUT2D eigenvalue weighted by molar-refractivity contribution is -0.146. The number of halogens is 1. The van der Waals surface area contributed by atoms with Gasteiger partial charge in [-0.1, -0.05) is 15.9 Å². The molecular weight excluding hydrogens is 414 g/mol. The highest BCUT2D eigenvalue weighted by Crippen LogP contribution is 2.60. The number of benzene rings is 1. The van der Waals surface area contributed by atoms with Gasteiger partial charge in [0, 0.05) is 28.9 Å². The van der Waals surface area contributed by atoms with Gasteiger partial charge in [0.2, 0.25) is 17.7 Å². The van der Waals surface area contributed by atoms with Crippen molar-refractivity contribution < 1.29 is 19.1 Å². The minimum absolute atomic E-state index is 0.0744. The lowest BCUT2D eigenvalue weighted by Crippen LogP contribution is -2.54. The van der Waals surface area contributed by atoms with E-state index in [0.29, 0.717) is 6.61 Å². The van der Waals surface area contributed by atoms with E-state index in [1.165, 1.54) is 4.90 Å². The zero-order valence-corrected chi connectivity index (χ0v) is 16.5. The lowest BCUT2D eigenvalue weighted by Gasteiger charge is -2.36. The number of nitrogens with zero attached hydrogens (tertiary/aromatic N) is 2. The topological polar surface area (TPSA) is 79.0 Å². The Morgan fingerprint density at radius 3 is 2.89 bits per heavy atom. The summed E-state index contributed by atoms with van der Waals surface area (Å²) in [5.74, 6) is -1.74. The zero-order chi connectivity index (χ0) is 18.9. The fourth-order valence-electron chi connectivity index (χ4n) is 5.64. The van der Waals surface area contributed by atoms with Gasteiger partial charge >= 0.3 is 0 Å². The molecule has 5 rings (SSSR count). The highest BCUT2D eigenvalue weighted by atomic mass is 79.9. The molecule has 0 saturated carbocycles. The molecule has 4 aliphatic rings. The van der Waals surface area contributed by atoms with Crippen LogP contribution in [0.25, 0.3) is 0 Å². The Morgan fingerprint density at radius 2 is 2.11 bits per heavy atom. The van der Waals surface area contributed by atoms with Gasteiger partial charge in [0.1, 0.15) is 5.54 Å². The fourth-order valence-corrected chi connectivity index (χ4v) is 6.00. The van der Waals surface area contributed by atoms with Crippen LogP contribution in [0, 0.1) is 11.8 Å². The van der Waals surface area contributed by atoms with E-state index in [0.717, 1.165) is 35.1 Å². The Morgan fingerprint density at radius 1 is 1.30 bits per heavy atom. The van der Waals surface area contributed by atoms with E-state index in [1.807, 2.05) is 18.2 Å². The van der Waals surface area contributed by atoms with Gasteiger partial charge in [-0.3, -0.25) is 24.2 Å². The first-order chi connectivity index (χ1) is 13.0. The Hall–Kier alpha value is -1.77. The van der Waals surface area contributed by atoms with Crippen LogP contribution in [0.4, 0.5) is 5.69 Å². The van der Waals surface area contributed by atoms with E-state index in [1.54, 1.807) is 7.11 Å². The van der Waals surface area contributed by atoms with Crippen molar-refractivity contribution in [1.29, 1.82) is 0 Å². The number of anilines is 1. The first kappa shape index (κ1) is 17.3. The summed E-state index contributed by atoms with van der Waals surface area (Å²) in [6.07, 6.45) is 1.75. The number of likely N-dealkylation sites (tertiary alicyclic amines) is 1. The molecule has 1 aromatic carbocycles. The van der Waals surface area contributed by atoms with Crippen LogP contribution < -0.4 is 5.32 Å². The van der Waals surface area contributed by atoms with Crippen molar-refractivity contribution in [2.24, 2.45) is 11.8 Å². The van der Waals surface area contributed by atoms with Crippen LogP contribution in [-0.2, 0) is 24.7 Å². The van der Waals surface area contributed by atoms with Gasteiger partial charge in [-0.05, 0) is 37.6 Å². The molecule has 3 fully saturated rings. The second-order valence-corrected chi connectivity index (χ2v) is 8.55. The molecule has 4 atom stereocenters. The maximum Gasteiger partial charge on any atom is 0.250 e. The summed E-state index contributed by atoms with van der Waals surface area (Å²) >= 11 is 3.50. The SMILES string of the molecule is COCCN1C(=O)C2C3CCCN3C3(C(=O)Nc4ccc(Br)cc43)C2C1=O. The van der Waals surface area contributed by atoms with E-state index in [9.17, 15) is 14.4 Å². The molecule has 1 N–H and O–H groups in total. The van der Waals surface area contributed by atoms with Crippen molar-refractivity contribution in [1.82, 2.24) is 9.80 Å². The predicted octanol–water partition coefficient (Wildman–Crippen LogP) is 1.32. The molecular formula is C19H20BrN3O4. The van der Waals surface area contributed by atoms with Crippen molar-refractivity contribution in [2.75, 3.05) is 32.1 Å². The summed E-state index contributed by atoms with van der Waals surface area (Å²) in [7, 11) is 1.55. The van der Waals surface area contributed by atoms with Crippen LogP contribution in [0.1, 0.15) is 18.4 Å². The highest BCUT2D eigenvalue weighted by Gasteiger charge is 2.74. The Balaban J connectivity index is 1.69. The normalized spacial score (nSPS) is 34.4. The second kappa shape index (κ2) is 5.86. The fraction of sp³-hybridized carbons (Fsp3) is 0.526. The van der Waals surface area contributed by atoms with Gasteiger partial charge in [0.05, 0.1) is 25.0 Å². The van der Waals surface area contributed by atoms with Crippen molar-refractivity contribution in [2.45, 2.75) is 24.4 Å². The average molecular weight is 434 g/mol. The van der Waals surface area contributed by atoms with Crippen molar-refractivity contribution in [3.05, 3.63) is 28.2 Å². The molecule has 0 radical (unpaired) electrons. The van der Waals surface area contributed by atoms with E-state index in [2.05, 4.69) is 26.1 Å². The number of nitrogens with one attached hydrogen (secondary N) is 1. The molecule has 7 nitrogen and oxygen atoms in total. The zero-order valence-electron chi connectivity index (χ0n) is 14.9. The summed E-state index contributed by atoms with van der Waals surface area (Å²) in [4.78, 5) is 43.3. The van der Waals surface area contributed by atoms with Gasteiger partial charge in [-0.15, -0.1) is 0 Å². The largest absolute Gasteiger partial charge is 0.383 e. The molecule has 0 aliphatic carbocycles. The Labute approximate surface area is 165 Å². The van der Waals surface area contributed by atoms with Gasteiger partial charge in [0.25, 0.3) is 0 Å². The highest BCUT2D eigenvalue weighted by molar-refractivity contribution is 9.10. The van der Waals surface area contributed by atoms with Gasteiger partial charge in [0.15, 0.2) is 0 Å². The summed E-state index contributed by atoms with van der Waals surface area (Å²) < 4.78 is 5.93. The van der Waals surface area contributed by atoms with E-state index in [-0.39, 0.29) is 30.3 Å². The molecule has 3 saturated heterocycles. The smallest absolute Gasteiger partial charge is 0.250 e. The third-order valence-corrected chi connectivity index (χ3v) is 7.06. The maximum absolute atomic E-state index is 13.4. The molecule has 8 heteroatoms. The number of imide groups is 1. The molecule has 0 bridgehead atoms. The summed E-state index contributed by atoms with van der Waals surface area (Å²) in [5.41, 5.74) is 0.431. The van der Waals surface area contributed by atoms with Crippen LogP contribution in [0.2, 0.25) is 0 Å². The second-order valence-electron chi connectivity index (χ2n) is 7.64. The van der Waals surface area contributed by atoms with Crippen molar-refractivity contribution >= 4 is 39.3 Å². The first-order valence-electron chi connectivity index (χ1n) is 9.24. The van der Waals surface area contributed by atoms with E-state index < -0.39 is 17.4 Å². The lowest BCUT2D eigenvalue weighted by atomic mass is 9.75. The monoisotopic (exact) mass is 433 g/mol. The molecule has 1 aromatic rings. The molecule has 4 heterocycles. The number of methoxy groups -OCH3 is 1. The van der Waals surface area contributed by atoms with Crippen LogP contribution in [-0.4, -0.2) is 60.4 Å². The molecule has 0 aromatic heterocycles. The standard InChI is InChI=1S/C19H20BrN3O4/c1-27-8-7-22-16(24)14-13-3-2-6-23(13)19(15(14)17(22)25)11-9-10(20)4-5-12(11)21-18(19)26/h4-5,9,13-15H,2-3,6-8H2,1H3,(H,21,26). The molecule has 1 spiro atoms. The predicted molar refractivity (Wildman–Crippen MR) is 99.8 cm³/mol. The third kappa shape index (κ3) is 2.01. The van der Waals surface area contributed by atoms with Crippen LogP contribution >= 0.6 is 15.9 Å². The van der Waals surface area contributed by atoms with Crippen LogP contribution in [0.15, 0.2) is 22.7 Å². The van der Waals surface area contributed by atoms with E-state index >= 15 is 0 Å². The molecule has 4 aliphatic heterocycles. The number of carbonyl (C=O) groups is 3. The molecule has 142 valence electrons.